The molecule has 1 N–H and O–H groups in total. The molecular formula is C14H18BNO3. The molecule has 1 saturated heterocycles. The molecule has 100 valence electrons. The Labute approximate surface area is 114 Å². The molecule has 4 nitrogen and oxygen atoms in total. The van der Waals surface area contributed by atoms with Crippen LogP contribution in [0.1, 0.15) is 33.3 Å². The molecule has 0 bridgehead atoms. The third-order valence-electron chi connectivity index (χ3n) is 3.91. The van der Waals surface area contributed by atoms with Gasteiger partial charge in [-0.05, 0) is 50.9 Å². The van der Waals surface area contributed by atoms with Crippen LogP contribution in [-0.2, 0) is 15.7 Å². The first-order valence-electron chi connectivity index (χ1n) is 6.31. The maximum Gasteiger partial charge on any atom is 0.495 e. The number of phenolic OH excluding ortho intramolecular Hbond substituents is 1. The predicted octanol–water partition coefficient (Wildman–Crippen LogP) is 1.76. The highest BCUT2D eigenvalue weighted by Gasteiger charge is 2.52. The molecule has 0 aromatic heterocycles. The molecule has 1 aromatic carbocycles. The molecule has 5 heteroatoms. The van der Waals surface area contributed by atoms with E-state index in [0.29, 0.717) is 0 Å². The normalized spacial score (nSPS) is 20.3. The zero-order valence-electron chi connectivity index (χ0n) is 11.7. The summed E-state index contributed by atoms with van der Waals surface area (Å²) in [5.74, 6) is 0.145. The van der Waals surface area contributed by atoms with Crippen LogP contribution in [0.2, 0.25) is 0 Å². The number of benzene rings is 1. The Morgan fingerprint density at radius 1 is 1.21 bits per heavy atom. The summed E-state index contributed by atoms with van der Waals surface area (Å²) in [6.07, 6.45) is 0.264. The number of phenols is 1. The van der Waals surface area contributed by atoms with Gasteiger partial charge in [-0.2, -0.15) is 5.26 Å². The molecule has 0 radical (unpaired) electrons. The van der Waals surface area contributed by atoms with Gasteiger partial charge in [0.1, 0.15) is 5.75 Å². The van der Waals surface area contributed by atoms with E-state index in [2.05, 4.69) is 6.07 Å². The van der Waals surface area contributed by atoms with Crippen LogP contribution in [0.25, 0.3) is 0 Å². The fourth-order valence-electron chi connectivity index (χ4n) is 2.02. The molecule has 1 fully saturated rings. The van der Waals surface area contributed by atoms with Crippen LogP contribution in [0.5, 0.6) is 5.75 Å². The minimum absolute atomic E-state index is 0.145. The predicted molar refractivity (Wildman–Crippen MR) is 73.1 cm³/mol. The van der Waals surface area contributed by atoms with Gasteiger partial charge in [-0.1, -0.05) is 6.07 Å². The first-order valence-corrected chi connectivity index (χ1v) is 6.31. The molecule has 0 amide bonds. The molecule has 1 aliphatic heterocycles. The van der Waals surface area contributed by atoms with Gasteiger partial charge < -0.3 is 14.4 Å². The Morgan fingerprint density at radius 2 is 1.79 bits per heavy atom. The highest BCUT2D eigenvalue weighted by molar-refractivity contribution is 6.62. The minimum Gasteiger partial charge on any atom is -0.508 e. The van der Waals surface area contributed by atoms with Gasteiger partial charge in [0.05, 0.1) is 23.7 Å². The summed E-state index contributed by atoms with van der Waals surface area (Å²) in [4.78, 5) is 0. The van der Waals surface area contributed by atoms with Crippen molar-refractivity contribution >= 4 is 12.6 Å². The Bertz CT molecular complexity index is 518. The lowest BCUT2D eigenvalue weighted by Crippen LogP contribution is -2.41. The summed E-state index contributed by atoms with van der Waals surface area (Å²) in [5, 5.41) is 18.5. The third kappa shape index (κ3) is 2.47. The Hall–Kier alpha value is -1.51. The quantitative estimate of drug-likeness (QED) is 0.822. The molecule has 2 rings (SSSR count). The van der Waals surface area contributed by atoms with E-state index in [-0.39, 0.29) is 12.2 Å². The summed E-state index contributed by atoms with van der Waals surface area (Å²) in [5.41, 5.74) is 0.666. The van der Waals surface area contributed by atoms with Crippen LogP contribution in [0.15, 0.2) is 18.2 Å². The Kier molecular flexibility index (Phi) is 3.33. The molecule has 19 heavy (non-hydrogen) atoms. The summed E-state index contributed by atoms with van der Waals surface area (Å²) in [7, 11) is -0.555. The molecule has 0 atom stereocenters. The number of aromatic hydroxyl groups is 1. The average molecular weight is 259 g/mol. The zero-order chi connectivity index (χ0) is 14.3. The molecule has 1 aliphatic rings. The van der Waals surface area contributed by atoms with Crippen LogP contribution in [0, 0.1) is 11.3 Å². The van der Waals surface area contributed by atoms with Crippen molar-refractivity contribution in [3.63, 3.8) is 0 Å². The van der Waals surface area contributed by atoms with E-state index in [1.54, 1.807) is 18.2 Å². The lowest BCUT2D eigenvalue weighted by molar-refractivity contribution is 0.00578. The molecule has 1 heterocycles. The maximum absolute atomic E-state index is 9.63. The van der Waals surface area contributed by atoms with Gasteiger partial charge in [0.25, 0.3) is 0 Å². The first kappa shape index (κ1) is 13.9. The summed E-state index contributed by atoms with van der Waals surface area (Å²) >= 11 is 0. The molecule has 0 saturated carbocycles. The van der Waals surface area contributed by atoms with Crippen LogP contribution >= 0.6 is 0 Å². The molecule has 0 aliphatic carbocycles. The number of hydrogen-bond acceptors (Lipinski definition) is 4. The Morgan fingerprint density at radius 3 is 2.32 bits per heavy atom. The van der Waals surface area contributed by atoms with Crippen LogP contribution in [-0.4, -0.2) is 23.4 Å². The average Bonchev–Trinajstić information content (AvgIpc) is 2.51. The van der Waals surface area contributed by atoms with Gasteiger partial charge in [0, 0.05) is 0 Å². The van der Waals surface area contributed by atoms with Crippen molar-refractivity contribution in [3.05, 3.63) is 23.8 Å². The molecule has 0 spiro atoms. The standard InChI is InChI=1S/C14H18BNO3/c1-13(2)14(3,4)19-15(18-13)12-9-11(17)6-5-10(12)7-8-16/h5-6,9,17H,7H2,1-4H3. The van der Waals surface area contributed by atoms with E-state index in [1.807, 2.05) is 27.7 Å². The molecule has 1 aromatic rings. The van der Waals surface area contributed by atoms with E-state index < -0.39 is 18.3 Å². The van der Waals surface area contributed by atoms with Gasteiger partial charge in [-0.3, -0.25) is 0 Å². The van der Waals surface area contributed by atoms with Crippen LogP contribution in [0.3, 0.4) is 0 Å². The second-order valence-corrected chi connectivity index (χ2v) is 5.81. The van der Waals surface area contributed by atoms with Gasteiger partial charge in [-0.15, -0.1) is 0 Å². The third-order valence-corrected chi connectivity index (χ3v) is 3.91. The first-order chi connectivity index (χ1) is 8.77. The van der Waals surface area contributed by atoms with E-state index in [4.69, 9.17) is 14.6 Å². The zero-order valence-corrected chi connectivity index (χ0v) is 11.7. The van der Waals surface area contributed by atoms with E-state index in [0.717, 1.165) is 11.0 Å². The fraction of sp³-hybridized carbons (Fsp3) is 0.500. The second kappa shape index (κ2) is 4.55. The van der Waals surface area contributed by atoms with E-state index >= 15 is 0 Å². The summed E-state index contributed by atoms with van der Waals surface area (Å²) in [6.45, 7) is 7.89. The van der Waals surface area contributed by atoms with Gasteiger partial charge in [0.2, 0.25) is 0 Å². The van der Waals surface area contributed by atoms with Crippen LogP contribution < -0.4 is 5.46 Å². The second-order valence-electron chi connectivity index (χ2n) is 5.81. The monoisotopic (exact) mass is 259 g/mol. The highest BCUT2D eigenvalue weighted by Crippen LogP contribution is 2.36. The van der Waals surface area contributed by atoms with Gasteiger partial charge >= 0.3 is 7.12 Å². The summed E-state index contributed by atoms with van der Waals surface area (Å²) < 4.78 is 11.9. The van der Waals surface area contributed by atoms with Crippen molar-refractivity contribution in [3.8, 4) is 11.8 Å². The topological polar surface area (TPSA) is 62.5 Å². The summed E-state index contributed by atoms with van der Waals surface area (Å²) in [6, 6.07) is 7.03. The number of nitriles is 1. The smallest absolute Gasteiger partial charge is 0.495 e. The lowest BCUT2D eigenvalue weighted by atomic mass is 9.75. The van der Waals surface area contributed by atoms with E-state index in [9.17, 15) is 5.11 Å². The maximum atomic E-state index is 9.63. The highest BCUT2D eigenvalue weighted by atomic mass is 16.7. The number of nitrogens with zero attached hydrogens (tertiary/aromatic N) is 1. The Balaban J connectivity index is 2.39. The fourth-order valence-corrected chi connectivity index (χ4v) is 2.02. The van der Waals surface area contributed by atoms with Gasteiger partial charge in [0.15, 0.2) is 0 Å². The van der Waals surface area contributed by atoms with Crippen LogP contribution in [0.4, 0.5) is 0 Å². The van der Waals surface area contributed by atoms with E-state index in [1.165, 1.54) is 0 Å². The number of rotatable bonds is 2. The van der Waals surface area contributed by atoms with Crippen molar-refractivity contribution < 1.29 is 14.4 Å². The van der Waals surface area contributed by atoms with Crippen molar-refractivity contribution in [2.75, 3.05) is 0 Å². The molecular weight excluding hydrogens is 241 g/mol. The lowest BCUT2D eigenvalue weighted by Gasteiger charge is -2.32. The van der Waals surface area contributed by atoms with Crippen molar-refractivity contribution in [1.29, 1.82) is 5.26 Å². The number of hydrogen-bond donors (Lipinski definition) is 1. The minimum atomic E-state index is -0.555. The van der Waals surface area contributed by atoms with Crippen molar-refractivity contribution in [2.45, 2.75) is 45.3 Å². The van der Waals surface area contributed by atoms with Crippen molar-refractivity contribution in [2.24, 2.45) is 0 Å². The van der Waals surface area contributed by atoms with Crippen molar-refractivity contribution in [1.82, 2.24) is 0 Å². The molecule has 0 unspecified atom stereocenters. The van der Waals surface area contributed by atoms with Gasteiger partial charge in [-0.25, -0.2) is 0 Å². The SMILES string of the molecule is CC1(C)OB(c2cc(O)ccc2CC#N)OC1(C)C. The largest absolute Gasteiger partial charge is 0.508 e.